The molecule has 12 heteroatoms. The first-order valence-corrected chi connectivity index (χ1v) is 17.5. The predicted molar refractivity (Wildman–Crippen MR) is 183 cm³/mol. The minimum Gasteiger partial charge on any atom is -0.497 e. The Labute approximate surface area is 298 Å². The van der Waals surface area contributed by atoms with E-state index in [9.17, 15) is 28.8 Å². The van der Waals surface area contributed by atoms with Crippen LogP contribution >= 0.6 is 0 Å². The highest BCUT2D eigenvalue weighted by atomic mass is 16.5. The second kappa shape index (κ2) is 11.9. The zero-order chi connectivity index (χ0) is 36.0. The largest absolute Gasteiger partial charge is 0.497 e. The van der Waals surface area contributed by atoms with E-state index in [1.807, 2.05) is 24.3 Å². The number of benzene rings is 2. The molecule has 4 bridgehead atoms. The maximum Gasteiger partial charge on any atom is 0.260 e. The monoisotopic (exact) mass is 702 g/mol. The molecule has 7 aliphatic rings. The van der Waals surface area contributed by atoms with Crippen LogP contribution in [-0.2, 0) is 9.59 Å². The van der Waals surface area contributed by atoms with Gasteiger partial charge in [0.15, 0.2) is 36.3 Å². The highest BCUT2D eigenvalue weighted by Gasteiger charge is 2.48. The Morgan fingerprint density at radius 1 is 0.558 bits per heavy atom. The Balaban J connectivity index is 0.840. The average molecular weight is 703 g/mol. The lowest BCUT2D eigenvalue weighted by Gasteiger charge is -2.34. The Morgan fingerprint density at radius 2 is 0.904 bits per heavy atom. The standard InChI is InChI=1S/C40H34N2O10/c1-49-23-13-25-35(39(47)33-21-5-3-19(11-21)31(33)37(25)45)27(15-23)51-17-29(43)41-7-9-42(10-8-41)30(44)18-52-28-16-24(50-2)14-26-36(28)40(48)34-22-6-4-20(12-22)32(34)38(26)46/h3-6,13-16,19-22H,7-12,17-18H2,1-2H3. The third-order valence-corrected chi connectivity index (χ3v) is 11.5. The second-order valence-electron chi connectivity index (χ2n) is 14.1. The molecule has 1 aliphatic heterocycles. The molecule has 1 fully saturated rings. The van der Waals surface area contributed by atoms with Gasteiger partial charge in [0.05, 0.1) is 25.3 Å². The summed E-state index contributed by atoms with van der Waals surface area (Å²) in [6.07, 6.45) is 9.34. The quantitative estimate of drug-likeness (QED) is 0.374. The van der Waals surface area contributed by atoms with Crippen LogP contribution in [0.1, 0.15) is 54.3 Å². The van der Waals surface area contributed by atoms with E-state index in [1.54, 1.807) is 21.9 Å². The zero-order valence-electron chi connectivity index (χ0n) is 28.6. The van der Waals surface area contributed by atoms with E-state index in [0.717, 1.165) is 0 Å². The summed E-state index contributed by atoms with van der Waals surface area (Å²) >= 11 is 0. The minimum atomic E-state index is -0.376. The molecule has 1 heterocycles. The molecule has 9 rings (SSSR count). The summed E-state index contributed by atoms with van der Waals surface area (Å²) in [6.45, 7) is 0.200. The summed E-state index contributed by atoms with van der Waals surface area (Å²) < 4.78 is 22.7. The molecule has 0 saturated carbocycles. The van der Waals surface area contributed by atoms with Crippen LogP contribution in [0.4, 0.5) is 0 Å². The van der Waals surface area contributed by atoms with Gasteiger partial charge >= 0.3 is 0 Å². The van der Waals surface area contributed by atoms with Crippen molar-refractivity contribution in [2.45, 2.75) is 12.8 Å². The van der Waals surface area contributed by atoms with Crippen LogP contribution in [0.2, 0.25) is 0 Å². The van der Waals surface area contributed by atoms with Gasteiger partial charge in [-0.25, -0.2) is 0 Å². The van der Waals surface area contributed by atoms with Crippen molar-refractivity contribution in [2.75, 3.05) is 53.6 Å². The van der Waals surface area contributed by atoms with Gasteiger partial charge in [-0.3, -0.25) is 28.8 Å². The van der Waals surface area contributed by atoms with Crippen LogP contribution in [0, 0.1) is 23.7 Å². The normalized spacial score (nSPS) is 24.7. The Hall–Kier alpha value is -5.78. The van der Waals surface area contributed by atoms with Gasteiger partial charge in [-0.1, -0.05) is 24.3 Å². The summed E-state index contributed by atoms with van der Waals surface area (Å²) in [7, 11) is 2.91. The topological polar surface area (TPSA) is 146 Å². The fraction of sp³-hybridized carbons (Fsp3) is 0.350. The number of nitrogens with zero attached hydrogens (tertiary/aromatic N) is 2. The number of hydrogen-bond acceptors (Lipinski definition) is 10. The first-order valence-electron chi connectivity index (χ1n) is 17.5. The number of carbonyl (C=O) groups is 6. The molecule has 0 spiro atoms. The summed E-state index contributed by atoms with van der Waals surface area (Å²) in [5, 5.41) is 0. The molecule has 264 valence electrons. The van der Waals surface area contributed by atoms with Gasteiger partial charge in [0, 0.05) is 95.4 Å². The molecule has 1 saturated heterocycles. The maximum absolute atomic E-state index is 13.7. The number of fused-ring (bicyclic) bond motifs is 10. The molecule has 6 aliphatic carbocycles. The van der Waals surface area contributed by atoms with Gasteiger partial charge in [-0.15, -0.1) is 0 Å². The number of amides is 2. The van der Waals surface area contributed by atoms with Crippen molar-refractivity contribution in [3.8, 4) is 23.0 Å². The predicted octanol–water partition coefficient (Wildman–Crippen LogP) is 3.60. The SMILES string of the molecule is COc1cc(OCC(=O)N2CCN(C(=O)COc3cc(OC)cc4c3C(=O)C3=C(C4=O)C4C=CC3C4)CC2)c2c(c1)C(=O)C1=C(C2=O)C2C=CC1C2. The van der Waals surface area contributed by atoms with Crippen molar-refractivity contribution >= 4 is 34.9 Å². The molecule has 2 amide bonds. The number of Topliss-reactive ketones (excluding diaryl/α,β-unsaturated/α-hetero) is 4. The van der Waals surface area contributed by atoms with E-state index in [2.05, 4.69) is 0 Å². The molecule has 0 radical (unpaired) electrons. The van der Waals surface area contributed by atoms with Gasteiger partial charge in [0.1, 0.15) is 23.0 Å². The molecule has 0 N–H and O–H groups in total. The Bertz CT molecular complexity index is 2030. The van der Waals surface area contributed by atoms with Crippen LogP contribution in [0.15, 0.2) is 70.9 Å². The number of ketones is 4. The first-order chi connectivity index (χ1) is 25.2. The summed E-state index contributed by atoms with van der Waals surface area (Å²) in [4.78, 5) is 84.2. The highest BCUT2D eigenvalue weighted by molar-refractivity contribution is 6.30. The average Bonchev–Trinajstić information content (AvgIpc) is 3.99. The number of rotatable bonds is 8. The van der Waals surface area contributed by atoms with Crippen molar-refractivity contribution in [3.05, 3.63) is 93.1 Å². The smallest absolute Gasteiger partial charge is 0.260 e. The second-order valence-corrected chi connectivity index (χ2v) is 14.1. The van der Waals surface area contributed by atoms with Crippen LogP contribution in [-0.4, -0.2) is 98.4 Å². The lowest BCUT2D eigenvalue weighted by atomic mass is 9.79. The van der Waals surface area contributed by atoms with E-state index in [0.29, 0.717) is 46.6 Å². The van der Waals surface area contributed by atoms with E-state index in [1.165, 1.54) is 26.4 Å². The number of ether oxygens (including phenoxy) is 4. The Morgan fingerprint density at radius 3 is 1.25 bits per heavy atom. The molecule has 2 aromatic carbocycles. The van der Waals surface area contributed by atoms with Gasteiger partial charge < -0.3 is 28.7 Å². The van der Waals surface area contributed by atoms with Crippen LogP contribution in [0.5, 0.6) is 23.0 Å². The minimum absolute atomic E-state index is 0.0631. The van der Waals surface area contributed by atoms with E-state index >= 15 is 0 Å². The highest BCUT2D eigenvalue weighted by Crippen LogP contribution is 2.52. The molecule has 12 nitrogen and oxygen atoms in total. The van der Waals surface area contributed by atoms with Crippen molar-refractivity contribution in [2.24, 2.45) is 23.7 Å². The molecule has 2 aromatic rings. The third kappa shape index (κ3) is 4.72. The fourth-order valence-electron chi connectivity index (χ4n) is 8.91. The lowest BCUT2D eigenvalue weighted by Crippen LogP contribution is -2.52. The molecule has 4 unspecified atom stereocenters. The van der Waals surface area contributed by atoms with E-state index in [-0.39, 0.29) is 132 Å². The van der Waals surface area contributed by atoms with Crippen molar-refractivity contribution in [1.29, 1.82) is 0 Å². The van der Waals surface area contributed by atoms with Crippen molar-refractivity contribution in [1.82, 2.24) is 9.80 Å². The van der Waals surface area contributed by atoms with Crippen LogP contribution < -0.4 is 18.9 Å². The van der Waals surface area contributed by atoms with E-state index in [4.69, 9.17) is 18.9 Å². The number of hydrogen-bond donors (Lipinski definition) is 0. The van der Waals surface area contributed by atoms with E-state index < -0.39 is 0 Å². The molecular formula is C40H34N2O10. The molecule has 0 aromatic heterocycles. The van der Waals surface area contributed by atoms with Crippen LogP contribution in [0.3, 0.4) is 0 Å². The first kappa shape index (κ1) is 32.1. The van der Waals surface area contributed by atoms with Gasteiger partial charge in [-0.05, 0) is 25.0 Å². The number of allylic oxidation sites excluding steroid dienone is 8. The summed E-state index contributed by atoms with van der Waals surface area (Å²) in [5.41, 5.74) is 2.89. The van der Waals surface area contributed by atoms with Crippen molar-refractivity contribution < 1.29 is 47.7 Å². The molecular weight excluding hydrogens is 668 g/mol. The number of methoxy groups -OCH3 is 2. The fourth-order valence-corrected chi connectivity index (χ4v) is 8.91. The van der Waals surface area contributed by atoms with Gasteiger partial charge in [0.2, 0.25) is 0 Å². The summed E-state index contributed by atoms with van der Waals surface area (Å²) in [6, 6.07) is 6.15. The third-order valence-electron chi connectivity index (χ3n) is 11.5. The maximum atomic E-state index is 13.7. The van der Waals surface area contributed by atoms with Crippen molar-refractivity contribution in [3.63, 3.8) is 0 Å². The van der Waals surface area contributed by atoms with Crippen LogP contribution in [0.25, 0.3) is 0 Å². The summed E-state index contributed by atoms with van der Waals surface area (Å²) in [5.74, 6) is -1.000. The van der Waals surface area contributed by atoms with Gasteiger partial charge in [0.25, 0.3) is 11.8 Å². The molecule has 4 atom stereocenters. The lowest BCUT2D eigenvalue weighted by molar-refractivity contribution is -0.141. The Kier molecular flexibility index (Phi) is 7.35. The van der Waals surface area contributed by atoms with Gasteiger partial charge in [-0.2, -0.15) is 0 Å². The zero-order valence-corrected chi connectivity index (χ0v) is 28.6. The number of carbonyl (C=O) groups excluding carboxylic acids is 6. The number of piperazine rings is 1. The molecule has 52 heavy (non-hydrogen) atoms.